The molecule has 0 amide bonds. The SMILES string of the molecule is CN(c1ccc(C(=O)O)cc1)c1ccc(C(F)(F)F)nn1. The summed E-state index contributed by atoms with van der Waals surface area (Å²) < 4.78 is 37.2. The predicted octanol–water partition coefficient (Wildman–Crippen LogP) is 2.96. The molecule has 0 aliphatic heterocycles. The first-order valence-electron chi connectivity index (χ1n) is 5.77. The molecule has 1 aromatic carbocycles. The molecular weight excluding hydrogens is 287 g/mol. The molecule has 0 aliphatic carbocycles. The van der Waals surface area contributed by atoms with E-state index < -0.39 is 17.8 Å². The lowest BCUT2D eigenvalue weighted by Gasteiger charge is -2.18. The highest BCUT2D eigenvalue weighted by Crippen LogP contribution is 2.28. The van der Waals surface area contributed by atoms with Gasteiger partial charge in [0.2, 0.25) is 0 Å². The average molecular weight is 297 g/mol. The van der Waals surface area contributed by atoms with Gasteiger partial charge in [-0.2, -0.15) is 13.2 Å². The van der Waals surface area contributed by atoms with Crippen LogP contribution in [0.3, 0.4) is 0 Å². The maximum atomic E-state index is 12.4. The summed E-state index contributed by atoms with van der Waals surface area (Å²) in [5.74, 6) is -0.843. The molecule has 2 aromatic rings. The molecule has 110 valence electrons. The third kappa shape index (κ3) is 3.28. The van der Waals surface area contributed by atoms with E-state index in [0.29, 0.717) is 5.69 Å². The van der Waals surface area contributed by atoms with Gasteiger partial charge in [-0.25, -0.2) is 4.79 Å². The van der Waals surface area contributed by atoms with Crippen LogP contribution in [0.4, 0.5) is 24.7 Å². The van der Waals surface area contributed by atoms with Gasteiger partial charge < -0.3 is 10.0 Å². The number of alkyl halides is 3. The summed E-state index contributed by atoms with van der Waals surface area (Å²) in [5.41, 5.74) is -0.374. The molecule has 1 heterocycles. The minimum Gasteiger partial charge on any atom is -0.478 e. The first-order chi connectivity index (χ1) is 9.79. The van der Waals surface area contributed by atoms with Crippen LogP contribution in [-0.2, 0) is 6.18 Å². The Kier molecular flexibility index (Phi) is 3.79. The standard InChI is InChI=1S/C13H10F3N3O2/c1-19(9-4-2-8(3-5-9)12(20)21)11-7-6-10(17-18-11)13(14,15)16/h2-7H,1H3,(H,20,21). The van der Waals surface area contributed by atoms with Crippen LogP contribution in [0.15, 0.2) is 36.4 Å². The number of carboxylic acid groups (broad SMARTS) is 1. The molecule has 1 N–H and O–H groups in total. The Morgan fingerprint density at radius 1 is 1.10 bits per heavy atom. The molecule has 0 spiro atoms. The number of hydrogen-bond donors (Lipinski definition) is 1. The van der Waals surface area contributed by atoms with Crippen molar-refractivity contribution in [2.24, 2.45) is 0 Å². The van der Waals surface area contributed by atoms with E-state index >= 15 is 0 Å². The largest absolute Gasteiger partial charge is 0.478 e. The lowest BCUT2D eigenvalue weighted by molar-refractivity contribution is -0.141. The molecule has 0 bridgehead atoms. The summed E-state index contributed by atoms with van der Waals surface area (Å²) in [4.78, 5) is 12.2. The van der Waals surface area contributed by atoms with Gasteiger partial charge in [0, 0.05) is 12.7 Å². The zero-order valence-electron chi connectivity index (χ0n) is 10.8. The molecule has 0 aliphatic rings. The molecule has 0 radical (unpaired) electrons. The minimum atomic E-state index is -4.53. The Morgan fingerprint density at radius 3 is 2.14 bits per heavy atom. The second kappa shape index (κ2) is 5.39. The lowest BCUT2D eigenvalue weighted by atomic mass is 10.2. The Hall–Kier alpha value is -2.64. The number of anilines is 2. The molecule has 0 fully saturated rings. The number of rotatable bonds is 3. The third-order valence-corrected chi connectivity index (χ3v) is 2.79. The second-order valence-corrected chi connectivity index (χ2v) is 4.19. The van der Waals surface area contributed by atoms with E-state index in [0.717, 1.165) is 6.07 Å². The second-order valence-electron chi connectivity index (χ2n) is 4.19. The maximum Gasteiger partial charge on any atom is 0.435 e. The number of halogens is 3. The van der Waals surface area contributed by atoms with Crippen molar-refractivity contribution in [2.75, 3.05) is 11.9 Å². The topological polar surface area (TPSA) is 66.3 Å². The van der Waals surface area contributed by atoms with E-state index in [1.807, 2.05) is 0 Å². The summed E-state index contributed by atoms with van der Waals surface area (Å²) in [6, 6.07) is 7.88. The van der Waals surface area contributed by atoms with E-state index in [9.17, 15) is 18.0 Å². The molecule has 2 rings (SSSR count). The van der Waals surface area contributed by atoms with Gasteiger partial charge in [0.1, 0.15) is 0 Å². The summed E-state index contributed by atoms with van der Waals surface area (Å²) in [5, 5.41) is 15.4. The van der Waals surface area contributed by atoms with Crippen molar-refractivity contribution in [1.29, 1.82) is 0 Å². The fourth-order valence-electron chi connectivity index (χ4n) is 1.62. The zero-order chi connectivity index (χ0) is 15.6. The van der Waals surface area contributed by atoms with Crippen LogP contribution in [0, 0.1) is 0 Å². The van der Waals surface area contributed by atoms with Crippen molar-refractivity contribution in [3.8, 4) is 0 Å². The smallest absolute Gasteiger partial charge is 0.435 e. The fraction of sp³-hybridized carbons (Fsp3) is 0.154. The first-order valence-corrected chi connectivity index (χ1v) is 5.77. The van der Waals surface area contributed by atoms with Crippen LogP contribution < -0.4 is 4.90 Å². The van der Waals surface area contributed by atoms with E-state index in [4.69, 9.17) is 5.11 Å². The highest BCUT2D eigenvalue weighted by Gasteiger charge is 2.33. The highest BCUT2D eigenvalue weighted by molar-refractivity contribution is 5.88. The van der Waals surface area contributed by atoms with E-state index in [1.165, 1.54) is 35.2 Å². The van der Waals surface area contributed by atoms with Crippen molar-refractivity contribution in [1.82, 2.24) is 10.2 Å². The quantitative estimate of drug-likeness (QED) is 0.943. The lowest BCUT2D eigenvalue weighted by Crippen LogP contribution is -2.15. The van der Waals surface area contributed by atoms with Crippen molar-refractivity contribution in [3.05, 3.63) is 47.7 Å². The zero-order valence-corrected chi connectivity index (χ0v) is 10.8. The number of aromatic carboxylic acids is 1. The molecule has 1 aromatic heterocycles. The maximum absolute atomic E-state index is 12.4. The van der Waals surface area contributed by atoms with Gasteiger partial charge in [0.25, 0.3) is 0 Å². The van der Waals surface area contributed by atoms with Gasteiger partial charge in [-0.3, -0.25) is 0 Å². The van der Waals surface area contributed by atoms with Gasteiger partial charge in [-0.15, -0.1) is 10.2 Å². The summed E-state index contributed by atoms with van der Waals surface area (Å²) in [6.45, 7) is 0. The molecule has 21 heavy (non-hydrogen) atoms. The highest BCUT2D eigenvalue weighted by atomic mass is 19.4. The van der Waals surface area contributed by atoms with Crippen LogP contribution in [0.1, 0.15) is 16.1 Å². The van der Waals surface area contributed by atoms with E-state index in [-0.39, 0.29) is 11.4 Å². The van der Waals surface area contributed by atoms with Crippen molar-refractivity contribution in [2.45, 2.75) is 6.18 Å². The van der Waals surface area contributed by atoms with Crippen LogP contribution >= 0.6 is 0 Å². The fourth-order valence-corrected chi connectivity index (χ4v) is 1.62. The number of carboxylic acids is 1. The van der Waals surface area contributed by atoms with Crippen LogP contribution in [0.25, 0.3) is 0 Å². The number of carbonyl (C=O) groups is 1. The Balaban J connectivity index is 2.23. The molecule has 8 heteroatoms. The molecule has 0 atom stereocenters. The number of nitrogens with zero attached hydrogens (tertiary/aromatic N) is 3. The summed E-state index contributed by atoms with van der Waals surface area (Å²) in [6.07, 6.45) is -4.53. The number of aromatic nitrogens is 2. The summed E-state index contributed by atoms with van der Waals surface area (Å²) >= 11 is 0. The minimum absolute atomic E-state index is 0.116. The molecule has 0 saturated carbocycles. The van der Waals surface area contributed by atoms with E-state index in [2.05, 4.69) is 10.2 Å². The Bertz CT molecular complexity index is 639. The van der Waals surface area contributed by atoms with Crippen molar-refractivity contribution < 1.29 is 23.1 Å². The monoisotopic (exact) mass is 297 g/mol. The molecule has 0 unspecified atom stereocenters. The van der Waals surface area contributed by atoms with Gasteiger partial charge >= 0.3 is 12.1 Å². The van der Waals surface area contributed by atoms with Crippen molar-refractivity contribution >= 4 is 17.5 Å². The molecule has 5 nitrogen and oxygen atoms in total. The van der Waals surface area contributed by atoms with Gasteiger partial charge in [0.05, 0.1) is 5.56 Å². The number of hydrogen-bond acceptors (Lipinski definition) is 4. The average Bonchev–Trinajstić information content (AvgIpc) is 2.46. The predicted molar refractivity (Wildman–Crippen MR) is 68.5 cm³/mol. The van der Waals surface area contributed by atoms with E-state index in [1.54, 1.807) is 7.05 Å². The third-order valence-electron chi connectivity index (χ3n) is 2.79. The molecular formula is C13H10F3N3O2. The Morgan fingerprint density at radius 2 is 1.71 bits per heavy atom. The first kappa shape index (κ1) is 14.8. The van der Waals surface area contributed by atoms with Gasteiger partial charge in [-0.1, -0.05) is 0 Å². The normalized spacial score (nSPS) is 11.2. The van der Waals surface area contributed by atoms with Crippen LogP contribution in [-0.4, -0.2) is 28.3 Å². The number of benzene rings is 1. The van der Waals surface area contributed by atoms with Crippen molar-refractivity contribution in [3.63, 3.8) is 0 Å². The van der Waals surface area contributed by atoms with Crippen LogP contribution in [0.2, 0.25) is 0 Å². The van der Waals surface area contributed by atoms with Crippen LogP contribution in [0.5, 0.6) is 0 Å². The Labute approximate surface area is 117 Å². The van der Waals surface area contributed by atoms with Gasteiger partial charge in [0.15, 0.2) is 11.5 Å². The van der Waals surface area contributed by atoms with Gasteiger partial charge in [-0.05, 0) is 36.4 Å². The summed E-state index contributed by atoms with van der Waals surface area (Å²) in [7, 11) is 1.59. The molecule has 0 saturated heterocycles.